The van der Waals surface area contributed by atoms with Gasteiger partial charge in [0.25, 0.3) is 0 Å². The minimum atomic E-state index is -1.70. The van der Waals surface area contributed by atoms with Gasteiger partial charge in [-0.1, -0.05) is 49.4 Å². The van der Waals surface area contributed by atoms with Gasteiger partial charge in [0.15, 0.2) is 0 Å². The second-order valence-corrected chi connectivity index (χ2v) is 13.7. The molecule has 2 nitrogen and oxygen atoms in total. The molecule has 3 aromatic carbocycles. The second kappa shape index (κ2) is 6.28. The lowest BCUT2D eigenvalue weighted by Crippen LogP contribution is -2.40. The van der Waals surface area contributed by atoms with E-state index in [9.17, 15) is 0 Å². The summed E-state index contributed by atoms with van der Waals surface area (Å²) in [5, 5.41) is 4.51. The Kier molecular flexibility index (Phi) is 4.28. The molecular formula is C23H25ClO2Si. The van der Waals surface area contributed by atoms with E-state index in [2.05, 4.69) is 50.8 Å². The van der Waals surface area contributed by atoms with Gasteiger partial charge in [-0.15, -0.1) is 0 Å². The Morgan fingerprint density at radius 1 is 0.963 bits per heavy atom. The van der Waals surface area contributed by atoms with E-state index in [0.29, 0.717) is 0 Å². The first-order valence-corrected chi connectivity index (χ1v) is 13.1. The summed E-state index contributed by atoms with van der Waals surface area (Å²) in [5.74, 6) is 1.79. The van der Waals surface area contributed by atoms with Gasteiger partial charge in [-0.05, 0) is 51.9 Å². The summed E-state index contributed by atoms with van der Waals surface area (Å²) >= 11 is 7.01. The van der Waals surface area contributed by atoms with Crippen LogP contribution < -0.4 is 14.7 Å². The van der Waals surface area contributed by atoms with Gasteiger partial charge in [-0.25, -0.2) is 0 Å². The van der Waals surface area contributed by atoms with Crippen molar-refractivity contribution in [2.75, 3.05) is 14.2 Å². The van der Waals surface area contributed by atoms with Crippen LogP contribution in [0.5, 0.6) is 11.5 Å². The van der Waals surface area contributed by atoms with Gasteiger partial charge < -0.3 is 9.47 Å². The quantitative estimate of drug-likeness (QED) is 0.399. The zero-order chi connectivity index (χ0) is 19.5. The number of benzene rings is 3. The van der Waals surface area contributed by atoms with Crippen LogP contribution in [0.1, 0.15) is 16.7 Å². The van der Waals surface area contributed by atoms with Gasteiger partial charge in [-0.3, -0.25) is 0 Å². The van der Waals surface area contributed by atoms with Crippen LogP contribution in [-0.2, 0) is 6.42 Å². The molecule has 0 radical (unpaired) electrons. The molecule has 1 aliphatic rings. The van der Waals surface area contributed by atoms with E-state index in [0.717, 1.165) is 28.3 Å². The van der Waals surface area contributed by atoms with Gasteiger partial charge in [0.1, 0.15) is 11.5 Å². The van der Waals surface area contributed by atoms with Crippen LogP contribution in [0.3, 0.4) is 0 Å². The molecule has 0 heterocycles. The van der Waals surface area contributed by atoms with Crippen LogP contribution in [0.15, 0.2) is 30.3 Å². The minimum Gasteiger partial charge on any atom is -0.496 e. The fourth-order valence-corrected chi connectivity index (χ4v) is 6.90. The van der Waals surface area contributed by atoms with Crippen molar-refractivity contribution in [3.8, 4) is 22.6 Å². The van der Waals surface area contributed by atoms with Crippen molar-refractivity contribution in [2.24, 2.45) is 0 Å². The Hall–Kier alpha value is -1.97. The van der Waals surface area contributed by atoms with Crippen molar-refractivity contribution >= 4 is 35.6 Å². The summed E-state index contributed by atoms with van der Waals surface area (Å²) in [6.45, 7) is 9.31. The maximum Gasteiger partial charge on any atom is 0.128 e. The first kappa shape index (κ1) is 18.4. The number of methoxy groups -OCH3 is 2. The smallest absolute Gasteiger partial charge is 0.128 e. The summed E-state index contributed by atoms with van der Waals surface area (Å²) in [4.78, 5) is 0. The summed E-state index contributed by atoms with van der Waals surface area (Å²) < 4.78 is 11.5. The maximum absolute atomic E-state index is 7.01. The third-order valence-electron chi connectivity index (χ3n) is 5.47. The van der Waals surface area contributed by atoms with Crippen molar-refractivity contribution in [3.63, 3.8) is 0 Å². The zero-order valence-corrected chi connectivity index (χ0v) is 18.5. The molecule has 0 unspecified atom stereocenters. The lowest BCUT2D eigenvalue weighted by atomic mass is 9.98. The molecule has 1 aliphatic carbocycles. The van der Waals surface area contributed by atoms with Crippen LogP contribution in [0.4, 0.5) is 0 Å². The van der Waals surface area contributed by atoms with Crippen LogP contribution in [0.25, 0.3) is 21.9 Å². The van der Waals surface area contributed by atoms with Crippen molar-refractivity contribution in [1.29, 1.82) is 0 Å². The monoisotopic (exact) mass is 396 g/mol. The standard InChI is InChI=1S/C23H25ClO2Si/c1-13-10-14-12-16-21(19(14)18(11-13)26-3)23(27(4,5)6)15-8-7-9-17(25-2)20(15)22(16)24/h7-11H,12H2,1-6H3. The van der Waals surface area contributed by atoms with E-state index in [1.807, 2.05) is 6.07 Å². The SMILES string of the molecule is COc1cc(C)cc2c1-c1c(c(Cl)c3c(OC)cccc3c1[Si](C)(C)C)C2. The van der Waals surface area contributed by atoms with E-state index in [1.165, 1.54) is 38.4 Å². The molecule has 0 bridgehead atoms. The zero-order valence-electron chi connectivity index (χ0n) is 16.8. The Balaban J connectivity index is 2.24. The topological polar surface area (TPSA) is 18.5 Å². The normalized spacial score (nSPS) is 12.9. The van der Waals surface area contributed by atoms with Crippen LogP contribution >= 0.6 is 11.6 Å². The summed E-state index contributed by atoms with van der Waals surface area (Å²) in [6, 6.07) is 10.7. The molecule has 140 valence electrons. The molecule has 4 heteroatoms. The molecule has 0 spiro atoms. The van der Waals surface area contributed by atoms with Gasteiger partial charge in [0.05, 0.1) is 27.3 Å². The number of hydrogen-bond donors (Lipinski definition) is 0. The fourth-order valence-electron chi connectivity index (χ4n) is 4.50. The lowest BCUT2D eigenvalue weighted by molar-refractivity contribution is 0.416. The summed E-state index contributed by atoms with van der Waals surface area (Å²) in [7, 11) is 1.77. The van der Waals surface area contributed by atoms with Crippen molar-refractivity contribution < 1.29 is 9.47 Å². The molecule has 0 atom stereocenters. The molecule has 3 aromatic rings. The van der Waals surface area contributed by atoms with Gasteiger partial charge >= 0.3 is 0 Å². The van der Waals surface area contributed by atoms with Crippen molar-refractivity contribution in [3.05, 3.63) is 52.0 Å². The molecule has 0 aromatic heterocycles. The first-order valence-electron chi connectivity index (χ1n) is 9.27. The predicted molar refractivity (Wildman–Crippen MR) is 118 cm³/mol. The number of halogens is 1. The van der Waals surface area contributed by atoms with Crippen molar-refractivity contribution in [1.82, 2.24) is 0 Å². The van der Waals surface area contributed by atoms with Gasteiger partial charge in [0.2, 0.25) is 0 Å². The molecule has 0 N–H and O–H groups in total. The largest absolute Gasteiger partial charge is 0.496 e. The summed E-state index contributed by atoms with van der Waals surface area (Å²) in [6.07, 6.45) is 0.840. The van der Waals surface area contributed by atoms with E-state index >= 15 is 0 Å². The van der Waals surface area contributed by atoms with E-state index in [1.54, 1.807) is 14.2 Å². The van der Waals surface area contributed by atoms with E-state index in [4.69, 9.17) is 21.1 Å². The molecule has 27 heavy (non-hydrogen) atoms. The number of hydrogen-bond acceptors (Lipinski definition) is 2. The molecule has 4 rings (SSSR count). The predicted octanol–water partition coefficient (Wildman–Crippen LogP) is 5.94. The minimum absolute atomic E-state index is 0.815. The molecule has 0 amide bonds. The number of ether oxygens (including phenoxy) is 2. The molecule has 0 fully saturated rings. The van der Waals surface area contributed by atoms with Crippen LogP contribution in [-0.4, -0.2) is 22.3 Å². The summed E-state index contributed by atoms with van der Waals surface area (Å²) in [5.41, 5.74) is 6.25. The Labute approximate surface area is 167 Å². The molecule has 0 saturated carbocycles. The first-order chi connectivity index (χ1) is 12.8. The number of aryl methyl sites for hydroxylation is 1. The highest BCUT2D eigenvalue weighted by atomic mass is 35.5. The Morgan fingerprint density at radius 3 is 2.30 bits per heavy atom. The van der Waals surface area contributed by atoms with E-state index < -0.39 is 8.07 Å². The number of rotatable bonds is 3. The van der Waals surface area contributed by atoms with Gasteiger partial charge in [0, 0.05) is 17.4 Å². The average Bonchev–Trinajstić information content (AvgIpc) is 2.98. The van der Waals surface area contributed by atoms with Crippen LogP contribution in [0, 0.1) is 6.92 Å². The maximum atomic E-state index is 7.01. The third kappa shape index (κ3) is 2.67. The second-order valence-electron chi connectivity index (χ2n) is 8.35. The highest BCUT2D eigenvalue weighted by Gasteiger charge is 2.35. The highest BCUT2D eigenvalue weighted by molar-refractivity contribution is 6.91. The average molecular weight is 397 g/mol. The lowest BCUT2D eigenvalue weighted by Gasteiger charge is -2.26. The fraction of sp³-hybridized carbons (Fsp3) is 0.304. The Morgan fingerprint density at radius 2 is 1.67 bits per heavy atom. The van der Waals surface area contributed by atoms with Crippen molar-refractivity contribution in [2.45, 2.75) is 33.0 Å². The van der Waals surface area contributed by atoms with Crippen LogP contribution in [0.2, 0.25) is 24.7 Å². The molecular weight excluding hydrogens is 372 g/mol. The molecule has 0 saturated heterocycles. The highest BCUT2D eigenvalue weighted by Crippen LogP contribution is 2.49. The third-order valence-corrected chi connectivity index (χ3v) is 7.90. The van der Waals surface area contributed by atoms with E-state index in [-0.39, 0.29) is 0 Å². The molecule has 0 aliphatic heterocycles. The Bertz CT molecular complexity index is 1080. The van der Waals surface area contributed by atoms with Gasteiger partial charge in [-0.2, -0.15) is 0 Å². The number of fused-ring (bicyclic) bond motifs is 4.